The van der Waals surface area contributed by atoms with E-state index in [2.05, 4.69) is 37.2 Å². The SMILES string of the molecule is CS(=O)(=O)N(CC(=O)Nc1ccc(Br)c(Cl)c1)c1ccc(Br)cc1. The first-order chi connectivity index (χ1) is 11.2. The third kappa shape index (κ3) is 5.20. The van der Waals surface area contributed by atoms with Crippen LogP contribution in [0.5, 0.6) is 0 Å². The molecule has 0 spiro atoms. The van der Waals surface area contributed by atoms with Crippen molar-refractivity contribution in [1.82, 2.24) is 0 Å². The van der Waals surface area contributed by atoms with Crippen molar-refractivity contribution in [3.8, 4) is 0 Å². The van der Waals surface area contributed by atoms with E-state index in [0.29, 0.717) is 20.9 Å². The van der Waals surface area contributed by atoms with E-state index < -0.39 is 15.9 Å². The number of halogens is 3. The Balaban J connectivity index is 2.18. The van der Waals surface area contributed by atoms with Crippen molar-refractivity contribution in [2.45, 2.75) is 0 Å². The topological polar surface area (TPSA) is 66.5 Å². The lowest BCUT2D eigenvalue weighted by molar-refractivity contribution is -0.114. The van der Waals surface area contributed by atoms with Gasteiger partial charge in [0.15, 0.2) is 0 Å². The average Bonchev–Trinajstić information content (AvgIpc) is 2.49. The molecule has 2 aromatic rings. The van der Waals surface area contributed by atoms with Crippen molar-refractivity contribution in [3.05, 3.63) is 56.4 Å². The Bertz CT molecular complexity index is 858. The van der Waals surface area contributed by atoms with Crippen molar-refractivity contribution in [3.63, 3.8) is 0 Å². The molecule has 0 aliphatic rings. The number of carbonyl (C=O) groups is 1. The van der Waals surface area contributed by atoms with E-state index in [4.69, 9.17) is 11.6 Å². The number of nitrogens with one attached hydrogen (secondary N) is 1. The monoisotopic (exact) mass is 494 g/mol. The summed E-state index contributed by atoms with van der Waals surface area (Å²) in [4.78, 5) is 12.2. The van der Waals surface area contributed by atoms with Crippen molar-refractivity contribution >= 4 is 70.8 Å². The molecule has 1 amide bonds. The number of anilines is 2. The molecule has 0 aliphatic carbocycles. The fourth-order valence-corrected chi connectivity index (χ4v) is 3.46. The maximum absolute atomic E-state index is 12.2. The molecule has 2 rings (SSSR count). The number of hydrogen-bond acceptors (Lipinski definition) is 3. The van der Waals surface area contributed by atoms with Crippen LogP contribution >= 0.6 is 43.5 Å². The van der Waals surface area contributed by atoms with Crippen LogP contribution in [-0.4, -0.2) is 27.1 Å². The molecule has 2 aromatic carbocycles. The molecule has 0 saturated carbocycles. The highest BCUT2D eigenvalue weighted by Gasteiger charge is 2.21. The average molecular weight is 497 g/mol. The van der Waals surface area contributed by atoms with E-state index in [1.165, 1.54) is 0 Å². The second kappa shape index (κ2) is 7.86. The lowest BCUT2D eigenvalue weighted by atomic mass is 10.3. The predicted octanol–water partition coefficient (Wildman–Crippen LogP) is 4.27. The summed E-state index contributed by atoms with van der Waals surface area (Å²) >= 11 is 12.5. The molecule has 0 heterocycles. The van der Waals surface area contributed by atoms with Crippen molar-refractivity contribution in [1.29, 1.82) is 0 Å². The van der Waals surface area contributed by atoms with Crippen LogP contribution in [0.4, 0.5) is 11.4 Å². The Morgan fingerprint density at radius 3 is 2.33 bits per heavy atom. The molecular weight excluding hydrogens is 484 g/mol. The van der Waals surface area contributed by atoms with Crippen molar-refractivity contribution in [2.75, 3.05) is 22.4 Å². The number of nitrogens with zero attached hydrogens (tertiary/aromatic N) is 1. The molecular formula is C15H13Br2ClN2O3S. The molecule has 0 bridgehead atoms. The van der Waals surface area contributed by atoms with E-state index in [1.54, 1.807) is 42.5 Å². The minimum Gasteiger partial charge on any atom is -0.324 e. The zero-order valence-electron chi connectivity index (χ0n) is 12.5. The molecule has 1 N–H and O–H groups in total. The van der Waals surface area contributed by atoms with Gasteiger partial charge in [-0.05, 0) is 58.4 Å². The molecule has 0 radical (unpaired) electrons. The Hall–Kier alpha value is -1.09. The number of rotatable bonds is 5. The fraction of sp³-hybridized carbons (Fsp3) is 0.133. The zero-order chi connectivity index (χ0) is 17.9. The largest absolute Gasteiger partial charge is 0.324 e. The van der Waals surface area contributed by atoms with Gasteiger partial charge in [-0.1, -0.05) is 27.5 Å². The summed E-state index contributed by atoms with van der Waals surface area (Å²) in [5, 5.41) is 3.08. The molecule has 5 nitrogen and oxygen atoms in total. The van der Waals surface area contributed by atoms with Gasteiger partial charge in [-0.15, -0.1) is 0 Å². The van der Waals surface area contributed by atoms with E-state index in [1.807, 2.05) is 0 Å². The van der Waals surface area contributed by atoms with Crippen LogP contribution < -0.4 is 9.62 Å². The van der Waals surface area contributed by atoms with Crippen LogP contribution in [0, 0.1) is 0 Å². The van der Waals surface area contributed by atoms with E-state index >= 15 is 0 Å². The number of hydrogen-bond donors (Lipinski definition) is 1. The number of benzene rings is 2. The quantitative estimate of drug-likeness (QED) is 0.672. The van der Waals surface area contributed by atoms with Gasteiger partial charge in [-0.2, -0.15) is 0 Å². The van der Waals surface area contributed by atoms with Crippen LogP contribution in [0.1, 0.15) is 0 Å². The lowest BCUT2D eigenvalue weighted by Gasteiger charge is -2.22. The third-order valence-electron chi connectivity index (χ3n) is 3.01. The highest BCUT2D eigenvalue weighted by molar-refractivity contribution is 9.10. The summed E-state index contributed by atoms with van der Waals surface area (Å²) in [6, 6.07) is 11.6. The standard InChI is InChI=1S/C15H13Br2ClN2O3S/c1-24(22,23)20(12-5-2-10(16)3-6-12)9-15(21)19-11-4-7-13(17)14(18)8-11/h2-8H,9H2,1H3,(H,19,21). The number of sulfonamides is 1. The van der Waals surface area contributed by atoms with Crippen LogP contribution in [0.25, 0.3) is 0 Å². The highest BCUT2D eigenvalue weighted by atomic mass is 79.9. The molecule has 128 valence electrons. The summed E-state index contributed by atoms with van der Waals surface area (Å²) < 4.78 is 26.6. The molecule has 9 heteroatoms. The van der Waals surface area contributed by atoms with E-state index in [0.717, 1.165) is 15.0 Å². The van der Waals surface area contributed by atoms with Crippen molar-refractivity contribution in [2.24, 2.45) is 0 Å². The first-order valence-electron chi connectivity index (χ1n) is 6.65. The summed E-state index contributed by atoms with van der Waals surface area (Å²) in [7, 11) is -3.61. The van der Waals surface area contributed by atoms with Crippen LogP contribution in [0.15, 0.2) is 51.4 Å². The Morgan fingerprint density at radius 1 is 1.17 bits per heavy atom. The van der Waals surface area contributed by atoms with E-state index in [9.17, 15) is 13.2 Å². The molecule has 0 unspecified atom stereocenters. The van der Waals surface area contributed by atoms with Gasteiger partial charge in [0.25, 0.3) is 0 Å². The molecule has 0 atom stereocenters. The van der Waals surface area contributed by atoms with Crippen LogP contribution in [0.3, 0.4) is 0 Å². The minimum atomic E-state index is -3.61. The van der Waals surface area contributed by atoms with Gasteiger partial charge in [0, 0.05) is 14.6 Å². The summed E-state index contributed by atoms with van der Waals surface area (Å²) in [5.41, 5.74) is 0.891. The summed E-state index contributed by atoms with van der Waals surface area (Å²) in [5.74, 6) is -0.471. The predicted molar refractivity (Wildman–Crippen MR) is 104 cm³/mol. The zero-order valence-corrected chi connectivity index (χ0v) is 17.2. The molecule has 0 saturated heterocycles. The molecule has 0 fully saturated rings. The van der Waals surface area contributed by atoms with Crippen molar-refractivity contribution < 1.29 is 13.2 Å². The van der Waals surface area contributed by atoms with Crippen LogP contribution in [-0.2, 0) is 14.8 Å². The van der Waals surface area contributed by atoms with E-state index in [-0.39, 0.29) is 6.54 Å². The second-order valence-electron chi connectivity index (χ2n) is 4.92. The van der Waals surface area contributed by atoms with Gasteiger partial charge in [0.2, 0.25) is 15.9 Å². The third-order valence-corrected chi connectivity index (χ3v) is 5.91. The first kappa shape index (κ1) is 19.2. The smallest absolute Gasteiger partial charge is 0.245 e. The Kier molecular flexibility index (Phi) is 6.30. The van der Waals surface area contributed by atoms with Gasteiger partial charge in [-0.3, -0.25) is 9.10 Å². The lowest BCUT2D eigenvalue weighted by Crippen LogP contribution is -2.37. The fourth-order valence-electron chi connectivity index (χ4n) is 1.91. The summed E-state index contributed by atoms with van der Waals surface area (Å²) in [6.07, 6.45) is 1.05. The maximum Gasteiger partial charge on any atom is 0.245 e. The summed E-state index contributed by atoms with van der Waals surface area (Å²) in [6.45, 7) is -0.339. The van der Waals surface area contributed by atoms with Gasteiger partial charge >= 0.3 is 0 Å². The first-order valence-corrected chi connectivity index (χ1v) is 10.5. The minimum absolute atomic E-state index is 0.339. The molecule has 0 aromatic heterocycles. The number of amides is 1. The van der Waals surface area contributed by atoms with Gasteiger partial charge in [0.1, 0.15) is 6.54 Å². The molecule has 24 heavy (non-hydrogen) atoms. The van der Waals surface area contributed by atoms with Crippen LogP contribution in [0.2, 0.25) is 5.02 Å². The highest BCUT2D eigenvalue weighted by Crippen LogP contribution is 2.26. The number of carbonyl (C=O) groups excluding carboxylic acids is 1. The van der Waals surface area contributed by atoms with Gasteiger partial charge in [-0.25, -0.2) is 8.42 Å². The van der Waals surface area contributed by atoms with Gasteiger partial charge < -0.3 is 5.32 Å². The van der Waals surface area contributed by atoms with Gasteiger partial charge in [0.05, 0.1) is 17.0 Å². The Labute approximate surface area is 162 Å². The molecule has 0 aliphatic heterocycles. The normalized spacial score (nSPS) is 11.2. The second-order valence-corrected chi connectivity index (χ2v) is 9.01. The maximum atomic E-state index is 12.2. The Morgan fingerprint density at radius 2 is 1.79 bits per heavy atom.